The molecule has 22 heavy (non-hydrogen) atoms. The molecule has 2 heterocycles. The van der Waals surface area contributed by atoms with Crippen LogP contribution in [0, 0.1) is 11.3 Å². The molecule has 8 heteroatoms. The van der Waals surface area contributed by atoms with Gasteiger partial charge in [0.05, 0.1) is 17.2 Å². The molecule has 0 saturated heterocycles. The highest BCUT2D eigenvalue weighted by atomic mass is 16.7. The van der Waals surface area contributed by atoms with Crippen LogP contribution in [0.15, 0.2) is 36.5 Å². The molecule has 0 unspecified atom stereocenters. The summed E-state index contributed by atoms with van der Waals surface area (Å²) < 4.78 is 1.24. The van der Waals surface area contributed by atoms with Crippen molar-refractivity contribution >= 4 is 17.8 Å². The molecule has 1 aromatic carbocycles. The summed E-state index contributed by atoms with van der Waals surface area (Å²) in [5.74, 6) is -2.36. The first-order valence-corrected chi connectivity index (χ1v) is 6.22. The minimum atomic E-state index is -0.953. The number of amides is 2. The van der Waals surface area contributed by atoms with Crippen molar-refractivity contribution in [1.29, 1.82) is 5.26 Å². The van der Waals surface area contributed by atoms with Crippen LogP contribution in [0.5, 0.6) is 0 Å². The lowest BCUT2D eigenvalue weighted by atomic mass is 10.1. The number of hydrogen-bond donors (Lipinski definition) is 0. The van der Waals surface area contributed by atoms with Gasteiger partial charge in [-0.1, -0.05) is 17.2 Å². The second kappa shape index (κ2) is 5.14. The number of hydroxylamine groups is 2. The summed E-state index contributed by atoms with van der Waals surface area (Å²) in [6, 6.07) is 9.37. The zero-order valence-electron chi connectivity index (χ0n) is 11.1. The van der Waals surface area contributed by atoms with Crippen LogP contribution in [0.25, 0.3) is 0 Å². The van der Waals surface area contributed by atoms with E-state index >= 15 is 0 Å². The van der Waals surface area contributed by atoms with Crippen molar-refractivity contribution < 1.29 is 19.2 Å². The van der Waals surface area contributed by atoms with E-state index in [1.807, 2.05) is 6.07 Å². The summed E-state index contributed by atoms with van der Waals surface area (Å²) in [6.07, 6.45) is 1.42. The Morgan fingerprint density at radius 3 is 2.41 bits per heavy atom. The predicted molar refractivity (Wildman–Crippen MR) is 70.2 cm³/mol. The minimum Gasteiger partial charge on any atom is -0.322 e. The van der Waals surface area contributed by atoms with Gasteiger partial charge < -0.3 is 4.84 Å². The molecule has 1 aliphatic heterocycles. The molecule has 0 radical (unpaired) electrons. The summed E-state index contributed by atoms with van der Waals surface area (Å²) in [5, 5.41) is 12.8. The zero-order valence-corrected chi connectivity index (χ0v) is 11.1. The van der Waals surface area contributed by atoms with Crippen molar-refractivity contribution in [2.45, 2.75) is 6.54 Å². The fraction of sp³-hybridized carbons (Fsp3) is 0.0714. The number of carbonyl (C=O) groups is 3. The van der Waals surface area contributed by atoms with E-state index < -0.39 is 17.8 Å². The van der Waals surface area contributed by atoms with Gasteiger partial charge in [0.1, 0.15) is 6.54 Å². The Hall–Kier alpha value is -3.47. The number of fused-ring (bicyclic) bond motifs is 1. The summed E-state index contributed by atoms with van der Waals surface area (Å²) >= 11 is 0. The van der Waals surface area contributed by atoms with Crippen LogP contribution < -0.4 is 0 Å². The Morgan fingerprint density at radius 1 is 1.18 bits per heavy atom. The summed E-state index contributed by atoms with van der Waals surface area (Å²) in [6.45, 7) is -0.0275. The largest absolute Gasteiger partial charge is 0.384 e. The Labute approximate surface area is 124 Å². The van der Waals surface area contributed by atoms with Crippen LogP contribution in [0.3, 0.4) is 0 Å². The Morgan fingerprint density at radius 2 is 1.82 bits per heavy atom. The maximum absolute atomic E-state index is 12.0. The van der Waals surface area contributed by atoms with E-state index in [4.69, 9.17) is 10.1 Å². The molecule has 1 aromatic heterocycles. The summed E-state index contributed by atoms with van der Waals surface area (Å²) in [7, 11) is 0. The Bertz CT molecular complexity index is 798. The van der Waals surface area contributed by atoms with Crippen LogP contribution in [0.1, 0.15) is 31.2 Å². The van der Waals surface area contributed by atoms with Gasteiger partial charge in [0.2, 0.25) is 0 Å². The van der Waals surface area contributed by atoms with Gasteiger partial charge in [0.15, 0.2) is 5.69 Å². The first kappa shape index (κ1) is 13.5. The quantitative estimate of drug-likeness (QED) is 0.775. The molecule has 1 aliphatic rings. The average molecular weight is 296 g/mol. The normalized spacial score (nSPS) is 13.0. The van der Waals surface area contributed by atoms with Gasteiger partial charge in [-0.05, 0) is 18.2 Å². The molecule has 108 valence electrons. The number of nitriles is 1. The highest BCUT2D eigenvalue weighted by Gasteiger charge is 2.39. The van der Waals surface area contributed by atoms with E-state index in [0.29, 0.717) is 5.06 Å². The van der Waals surface area contributed by atoms with E-state index in [2.05, 4.69) is 5.10 Å². The number of hydrogen-bond acceptors (Lipinski definition) is 6. The molecule has 0 saturated carbocycles. The number of carbonyl (C=O) groups excluding carboxylic acids is 3. The van der Waals surface area contributed by atoms with Crippen LogP contribution in [0.2, 0.25) is 0 Å². The SMILES string of the molecule is N#CCn1ccc(C(=O)ON2C(=O)c3ccccc3C2=O)n1. The van der Waals surface area contributed by atoms with Crippen molar-refractivity contribution in [3.05, 3.63) is 53.3 Å². The molecule has 0 fully saturated rings. The Kier molecular flexibility index (Phi) is 3.16. The van der Waals surface area contributed by atoms with Crippen LogP contribution in [-0.2, 0) is 11.4 Å². The fourth-order valence-corrected chi connectivity index (χ4v) is 2.01. The molecular formula is C14H8N4O4. The van der Waals surface area contributed by atoms with E-state index in [1.165, 1.54) is 29.1 Å². The van der Waals surface area contributed by atoms with Gasteiger partial charge in [-0.3, -0.25) is 14.3 Å². The third kappa shape index (κ3) is 2.10. The smallest absolute Gasteiger partial charge is 0.322 e. The second-order valence-corrected chi connectivity index (χ2v) is 4.39. The number of benzene rings is 1. The number of rotatable bonds is 3. The number of imide groups is 1. The van der Waals surface area contributed by atoms with Gasteiger partial charge in [0, 0.05) is 6.20 Å². The maximum atomic E-state index is 12.0. The van der Waals surface area contributed by atoms with E-state index in [1.54, 1.807) is 12.1 Å². The van der Waals surface area contributed by atoms with E-state index in [0.717, 1.165) is 0 Å². The third-order valence-corrected chi connectivity index (χ3v) is 3.01. The second-order valence-electron chi connectivity index (χ2n) is 4.39. The summed E-state index contributed by atoms with van der Waals surface area (Å²) in [4.78, 5) is 40.8. The van der Waals surface area contributed by atoms with Gasteiger partial charge >= 0.3 is 5.97 Å². The maximum Gasteiger partial charge on any atom is 0.384 e. The van der Waals surface area contributed by atoms with Crippen molar-refractivity contribution in [3.8, 4) is 6.07 Å². The topological polar surface area (TPSA) is 105 Å². The van der Waals surface area contributed by atoms with Crippen molar-refractivity contribution in [3.63, 3.8) is 0 Å². The standard InChI is InChI=1S/C14H8N4O4/c15-6-8-17-7-5-11(16-17)14(21)22-18-12(19)9-3-1-2-4-10(9)13(18)20/h1-5,7H,8H2. The molecular weight excluding hydrogens is 288 g/mol. The lowest BCUT2D eigenvalue weighted by Gasteiger charge is -2.11. The molecule has 2 amide bonds. The molecule has 8 nitrogen and oxygen atoms in total. The first-order valence-electron chi connectivity index (χ1n) is 6.22. The van der Waals surface area contributed by atoms with Gasteiger partial charge in [-0.15, -0.1) is 0 Å². The molecule has 0 aliphatic carbocycles. The van der Waals surface area contributed by atoms with Gasteiger partial charge in [0.25, 0.3) is 11.8 Å². The highest BCUT2D eigenvalue weighted by molar-refractivity contribution is 6.21. The minimum absolute atomic E-state index is 0.0275. The van der Waals surface area contributed by atoms with E-state index in [-0.39, 0.29) is 23.4 Å². The van der Waals surface area contributed by atoms with Crippen LogP contribution in [-0.4, -0.2) is 32.6 Å². The van der Waals surface area contributed by atoms with Gasteiger partial charge in [-0.25, -0.2) is 4.79 Å². The molecule has 0 N–H and O–H groups in total. The highest BCUT2D eigenvalue weighted by Crippen LogP contribution is 2.23. The lowest BCUT2D eigenvalue weighted by Crippen LogP contribution is -2.32. The zero-order chi connectivity index (χ0) is 15.7. The molecule has 0 bridgehead atoms. The van der Waals surface area contributed by atoms with E-state index in [9.17, 15) is 14.4 Å². The lowest BCUT2D eigenvalue weighted by molar-refractivity contribution is -0.0588. The average Bonchev–Trinajstić information content (AvgIpc) is 3.08. The predicted octanol–water partition coefficient (Wildman–Crippen LogP) is 0.775. The molecule has 0 atom stereocenters. The molecule has 3 rings (SSSR count). The fourth-order valence-electron chi connectivity index (χ4n) is 2.01. The van der Waals surface area contributed by atoms with Gasteiger partial charge in [-0.2, -0.15) is 10.4 Å². The van der Waals surface area contributed by atoms with Crippen LogP contribution in [0.4, 0.5) is 0 Å². The monoisotopic (exact) mass is 296 g/mol. The first-order chi connectivity index (χ1) is 10.6. The summed E-state index contributed by atoms with van der Waals surface area (Å²) in [5.41, 5.74) is 0.248. The number of nitrogens with zero attached hydrogens (tertiary/aromatic N) is 4. The van der Waals surface area contributed by atoms with Crippen LogP contribution >= 0.6 is 0 Å². The number of aromatic nitrogens is 2. The Balaban J connectivity index is 1.79. The van der Waals surface area contributed by atoms with Crippen molar-refractivity contribution in [2.24, 2.45) is 0 Å². The third-order valence-electron chi connectivity index (χ3n) is 3.01. The van der Waals surface area contributed by atoms with Crippen molar-refractivity contribution in [1.82, 2.24) is 14.8 Å². The molecule has 0 spiro atoms. The van der Waals surface area contributed by atoms with Crippen molar-refractivity contribution in [2.75, 3.05) is 0 Å². The molecule has 2 aromatic rings.